The Kier molecular flexibility index (Phi) is 6.49. The molecule has 0 aromatic heterocycles. The van der Waals surface area contributed by atoms with Gasteiger partial charge in [0.25, 0.3) is 17.1 Å². The van der Waals surface area contributed by atoms with E-state index >= 15 is 0 Å². The number of benzene rings is 2. The lowest BCUT2D eigenvalue weighted by atomic mass is 10.1. The molecule has 1 fully saturated rings. The van der Waals surface area contributed by atoms with Crippen LogP contribution in [0, 0.1) is 0 Å². The van der Waals surface area contributed by atoms with E-state index in [4.69, 9.17) is 0 Å². The Balaban J connectivity index is 1.66. The van der Waals surface area contributed by atoms with E-state index in [1.807, 2.05) is 30.3 Å². The summed E-state index contributed by atoms with van der Waals surface area (Å²) in [7, 11) is 0. The molecule has 0 unspecified atom stereocenters. The lowest BCUT2D eigenvalue weighted by Crippen LogP contribution is -2.30. The minimum atomic E-state index is -0.327. The van der Waals surface area contributed by atoms with Gasteiger partial charge in [0.2, 0.25) is 0 Å². The van der Waals surface area contributed by atoms with Crippen molar-refractivity contribution in [1.29, 1.82) is 0 Å². The smallest absolute Gasteiger partial charge is 0.293 e. The third-order valence-corrected chi connectivity index (χ3v) is 5.32. The molecule has 3 rings (SSSR count). The molecule has 1 heterocycles. The Morgan fingerprint density at radius 1 is 1.11 bits per heavy atom. The predicted molar refractivity (Wildman–Crippen MR) is 116 cm³/mol. The van der Waals surface area contributed by atoms with Gasteiger partial charge in [-0.3, -0.25) is 19.3 Å². The second-order valence-electron chi connectivity index (χ2n) is 6.05. The Hall–Kier alpha value is -2.64. The maximum absolute atomic E-state index is 12.6. The molecule has 1 aliphatic rings. The van der Waals surface area contributed by atoms with Gasteiger partial charge in [-0.1, -0.05) is 49.0 Å². The average Bonchev–Trinajstić information content (AvgIpc) is 2.95. The number of carbonyl (C=O) groups excluding carboxylic acids is 3. The Morgan fingerprint density at radius 2 is 1.79 bits per heavy atom. The third kappa shape index (κ3) is 4.99. The van der Waals surface area contributed by atoms with Crippen LogP contribution in [0.1, 0.15) is 11.1 Å². The van der Waals surface area contributed by atoms with Gasteiger partial charge in [0.15, 0.2) is 0 Å². The highest BCUT2D eigenvalue weighted by Crippen LogP contribution is 2.32. The number of thioether (sulfide) groups is 1. The number of amides is 3. The van der Waals surface area contributed by atoms with Crippen molar-refractivity contribution in [2.45, 2.75) is 6.42 Å². The molecule has 0 bridgehead atoms. The summed E-state index contributed by atoms with van der Waals surface area (Å²) in [5.41, 5.74) is 2.46. The fourth-order valence-electron chi connectivity index (χ4n) is 2.59. The molecule has 0 aliphatic carbocycles. The van der Waals surface area contributed by atoms with Crippen molar-refractivity contribution >= 4 is 56.5 Å². The van der Waals surface area contributed by atoms with Crippen molar-refractivity contribution in [2.75, 3.05) is 11.9 Å². The standard InChI is InChI=1S/C21H17BrN2O3S/c1-14(22)19(25)23-17-9-7-16(8-10-17)13-18-20(26)24(21(27)28-18)12-11-15-5-3-2-4-6-15/h2-10,13H,1,11-12H2,(H,23,25)/b18-13-. The SMILES string of the molecule is C=C(Br)C(=O)Nc1ccc(/C=C2\SC(=O)N(CCc3ccccc3)C2=O)cc1. The largest absolute Gasteiger partial charge is 0.322 e. The molecule has 0 radical (unpaired) electrons. The highest BCUT2D eigenvalue weighted by molar-refractivity contribution is 9.12. The lowest BCUT2D eigenvalue weighted by Gasteiger charge is -2.12. The van der Waals surface area contributed by atoms with E-state index in [2.05, 4.69) is 27.8 Å². The van der Waals surface area contributed by atoms with Crippen LogP contribution in [0.3, 0.4) is 0 Å². The zero-order chi connectivity index (χ0) is 20.1. The summed E-state index contributed by atoms with van der Waals surface area (Å²) in [6, 6.07) is 16.7. The number of imide groups is 1. The molecule has 5 nitrogen and oxygen atoms in total. The first-order valence-corrected chi connectivity index (χ1v) is 10.1. The van der Waals surface area contributed by atoms with Crippen LogP contribution >= 0.6 is 27.7 Å². The van der Waals surface area contributed by atoms with Gasteiger partial charge in [0, 0.05) is 12.2 Å². The van der Waals surface area contributed by atoms with E-state index < -0.39 is 0 Å². The first kappa shape index (κ1) is 20.1. The molecule has 2 aromatic carbocycles. The summed E-state index contributed by atoms with van der Waals surface area (Å²) in [5, 5.41) is 2.42. The van der Waals surface area contributed by atoms with Crippen LogP contribution in [-0.2, 0) is 16.0 Å². The Bertz CT molecular complexity index is 955. The van der Waals surface area contributed by atoms with E-state index in [-0.39, 0.29) is 21.5 Å². The van der Waals surface area contributed by atoms with Gasteiger partial charge < -0.3 is 5.32 Å². The molecule has 2 aromatic rings. The van der Waals surface area contributed by atoms with E-state index in [0.717, 1.165) is 22.9 Å². The van der Waals surface area contributed by atoms with Crippen LogP contribution in [0.25, 0.3) is 6.08 Å². The number of rotatable bonds is 6. The summed E-state index contributed by atoms with van der Waals surface area (Å²) in [6.45, 7) is 3.87. The average molecular weight is 457 g/mol. The number of hydrogen-bond donors (Lipinski definition) is 1. The molecule has 3 amide bonds. The Morgan fingerprint density at radius 3 is 2.43 bits per heavy atom. The minimum absolute atomic E-state index is 0.237. The highest BCUT2D eigenvalue weighted by Gasteiger charge is 2.34. The van der Waals surface area contributed by atoms with E-state index in [1.54, 1.807) is 30.3 Å². The van der Waals surface area contributed by atoms with Crippen LogP contribution in [-0.4, -0.2) is 28.5 Å². The van der Waals surface area contributed by atoms with Crippen LogP contribution in [0.4, 0.5) is 10.5 Å². The van der Waals surface area contributed by atoms with Crippen LogP contribution in [0.15, 0.2) is 70.6 Å². The molecule has 1 aliphatic heterocycles. The van der Waals surface area contributed by atoms with Gasteiger partial charge in [0.1, 0.15) is 0 Å². The van der Waals surface area contributed by atoms with Crippen LogP contribution in [0.5, 0.6) is 0 Å². The van der Waals surface area contributed by atoms with Crippen molar-refractivity contribution in [1.82, 2.24) is 4.90 Å². The zero-order valence-electron chi connectivity index (χ0n) is 14.9. The first-order valence-electron chi connectivity index (χ1n) is 8.49. The number of anilines is 1. The maximum atomic E-state index is 12.6. The summed E-state index contributed by atoms with van der Waals surface area (Å²) in [4.78, 5) is 38.1. The van der Waals surface area contributed by atoms with E-state index in [0.29, 0.717) is 23.6 Å². The molecule has 7 heteroatoms. The van der Waals surface area contributed by atoms with Gasteiger partial charge in [-0.15, -0.1) is 0 Å². The lowest BCUT2D eigenvalue weighted by molar-refractivity contribution is -0.122. The maximum Gasteiger partial charge on any atom is 0.293 e. The quantitative estimate of drug-likeness (QED) is 0.633. The normalized spacial score (nSPS) is 15.2. The van der Waals surface area contributed by atoms with Gasteiger partial charge in [-0.05, 0) is 63.4 Å². The van der Waals surface area contributed by atoms with Gasteiger partial charge >= 0.3 is 0 Å². The van der Waals surface area contributed by atoms with Crippen LogP contribution in [0.2, 0.25) is 0 Å². The fourth-order valence-corrected chi connectivity index (χ4v) is 3.56. The third-order valence-electron chi connectivity index (χ3n) is 4.05. The number of carbonyl (C=O) groups is 3. The topological polar surface area (TPSA) is 66.5 Å². The van der Waals surface area contributed by atoms with Gasteiger partial charge in [-0.25, -0.2) is 0 Å². The van der Waals surface area contributed by atoms with Crippen molar-refractivity contribution < 1.29 is 14.4 Å². The number of nitrogens with one attached hydrogen (secondary N) is 1. The summed E-state index contributed by atoms with van der Waals surface area (Å²) in [6.07, 6.45) is 2.31. The predicted octanol–water partition coefficient (Wildman–Crippen LogP) is 4.81. The van der Waals surface area contributed by atoms with Gasteiger partial charge in [-0.2, -0.15) is 0 Å². The molecule has 0 saturated carbocycles. The second-order valence-corrected chi connectivity index (χ2v) is 8.00. The summed E-state index contributed by atoms with van der Waals surface area (Å²) in [5.74, 6) is -0.605. The van der Waals surface area contributed by atoms with Crippen molar-refractivity contribution in [3.8, 4) is 0 Å². The minimum Gasteiger partial charge on any atom is -0.322 e. The second kappa shape index (κ2) is 9.03. The van der Waals surface area contributed by atoms with E-state index in [1.165, 1.54) is 4.90 Å². The number of nitrogens with zero attached hydrogens (tertiary/aromatic N) is 1. The molecule has 1 saturated heterocycles. The number of hydrogen-bond acceptors (Lipinski definition) is 4. The monoisotopic (exact) mass is 456 g/mol. The summed E-state index contributed by atoms with van der Waals surface area (Å²) >= 11 is 3.96. The molecular weight excluding hydrogens is 440 g/mol. The van der Waals surface area contributed by atoms with Crippen molar-refractivity contribution in [3.05, 3.63) is 81.7 Å². The molecular formula is C21H17BrN2O3S. The van der Waals surface area contributed by atoms with Crippen molar-refractivity contribution in [3.63, 3.8) is 0 Å². The Labute approximate surface area is 175 Å². The fraction of sp³-hybridized carbons (Fsp3) is 0.0952. The van der Waals surface area contributed by atoms with Crippen molar-refractivity contribution in [2.24, 2.45) is 0 Å². The van der Waals surface area contributed by atoms with E-state index in [9.17, 15) is 14.4 Å². The molecule has 0 atom stereocenters. The highest BCUT2D eigenvalue weighted by atomic mass is 79.9. The molecule has 142 valence electrons. The van der Waals surface area contributed by atoms with Crippen LogP contribution < -0.4 is 5.32 Å². The van der Waals surface area contributed by atoms with Gasteiger partial charge in [0.05, 0.1) is 9.39 Å². The summed E-state index contributed by atoms with van der Waals surface area (Å²) < 4.78 is 0.237. The number of halogens is 1. The molecule has 28 heavy (non-hydrogen) atoms. The molecule has 1 N–H and O–H groups in total. The zero-order valence-corrected chi connectivity index (χ0v) is 17.3. The molecule has 0 spiro atoms. The first-order chi connectivity index (χ1) is 13.4.